The van der Waals surface area contributed by atoms with Gasteiger partial charge in [0.2, 0.25) is 0 Å². The van der Waals surface area contributed by atoms with Gasteiger partial charge in [-0.15, -0.1) is 0 Å². The maximum atomic E-state index is 12.5. The number of nitrogens with zero attached hydrogens (tertiary/aromatic N) is 1. The first-order valence-electron chi connectivity index (χ1n) is 8.02. The second-order valence-electron chi connectivity index (χ2n) is 7.22. The number of rotatable bonds is 5. The van der Waals surface area contributed by atoms with Crippen molar-refractivity contribution in [2.24, 2.45) is 5.41 Å². The Balaban J connectivity index is 2.19. The van der Waals surface area contributed by atoms with Crippen LogP contribution in [0.25, 0.3) is 10.9 Å². The molecule has 1 aromatic carbocycles. The van der Waals surface area contributed by atoms with Gasteiger partial charge in [0.15, 0.2) is 0 Å². The molecular weight excluding hydrogens is 288 g/mol. The molecule has 4 heteroatoms. The van der Waals surface area contributed by atoms with E-state index in [-0.39, 0.29) is 17.4 Å². The predicted octanol–water partition coefficient (Wildman–Crippen LogP) is 3.38. The zero-order valence-corrected chi connectivity index (χ0v) is 14.6. The molecular formula is C19H26N2O2. The van der Waals surface area contributed by atoms with Crippen molar-refractivity contribution in [1.82, 2.24) is 10.3 Å². The molecule has 2 rings (SSSR count). The first kappa shape index (κ1) is 17.4. The maximum absolute atomic E-state index is 12.5. The zero-order chi connectivity index (χ0) is 17.2. The topological polar surface area (TPSA) is 62.2 Å². The van der Waals surface area contributed by atoms with Crippen LogP contribution in [0.3, 0.4) is 0 Å². The van der Waals surface area contributed by atoms with Crippen molar-refractivity contribution in [3.05, 3.63) is 41.1 Å². The molecule has 1 atom stereocenters. The highest BCUT2D eigenvalue weighted by molar-refractivity contribution is 5.98. The third-order valence-corrected chi connectivity index (χ3v) is 3.98. The lowest BCUT2D eigenvalue weighted by molar-refractivity contribution is 0.0901. The fourth-order valence-corrected chi connectivity index (χ4v) is 2.91. The standard InChI is InChI=1S/C19H26N2O2/c1-12-6-7-17-15(8-12)9-16(14(3)21-17)18(23)20-11-19(4,5)10-13(2)22/h6-9,13,22H,10-11H2,1-5H3,(H,20,23). The number of aryl methyl sites for hydroxylation is 2. The summed E-state index contributed by atoms with van der Waals surface area (Å²) in [5.74, 6) is -0.114. The summed E-state index contributed by atoms with van der Waals surface area (Å²) >= 11 is 0. The van der Waals surface area contributed by atoms with Gasteiger partial charge in [0.05, 0.1) is 22.9 Å². The van der Waals surface area contributed by atoms with Crippen molar-refractivity contribution in [2.45, 2.75) is 47.1 Å². The summed E-state index contributed by atoms with van der Waals surface area (Å²) in [5.41, 5.74) is 3.23. The van der Waals surface area contributed by atoms with Gasteiger partial charge in [-0.1, -0.05) is 25.5 Å². The van der Waals surface area contributed by atoms with Gasteiger partial charge in [0.25, 0.3) is 5.91 Å². The highest BCUT2D eigenvalue weighted by Crippen LogP contribution is 2.22. The lowest BCUT2D eigenvalue weighted by Crippen LogP contribution is -2.36. The van der Waals surface area contributed by atoms with E-state index in [4.69, 9.17) is 0 Å². The lowest BCUT2D eigenvalue weighted by atomic mass is 9.87. The number of carbonyl (C=O) groups is 1. The maximum Gasteiger partial charge on any atom is 0.253 e. The highest BCUT2D eigenvalue weighted by Gasteiger charge is 2.22. The van der Waals surface area contributed by atoms with Crippen LogP contribution in [-0.4, -0.2) is 28.6 Å². The summed E-state index contributed by atoms with van der Waals surface area (Å²) in [6, 6.07) is 7.94. The van der Waals surface area contributed by atoms with Gasteiger partial charge in [-0.25, -0.2) is 0 Å². The average Bonchev–Trinajstić information content (AvgIpc) is 2.43. The Morgan fingerprint density at radius 3 is 2.65 bits per heavy atom. The minimum absolute atomic E-state index is 0.114. The summed E-state index contributed by atoms with van der Waals surface area (Å²) < 4.78 is 0. The van der Waals surface area contributed by atoms with Gasteiger partial charge in [0.1, 0.15) is 0 Å². The molecule has 0 aliphatic heterocycles. The van der Waals surface area contributed by atoms with Crippen molar-refractivity contribution in [1.29, 1.82) is 0 Å². The van der Waals surface area contributed by atoms with Crippen LogP contribution in [0, 0.1) is 19.3 Å². The van der Waals surface area contributed by atoms with Crippen LogP contribution < -0.4 is 5.32 Å². The van der Waals surface area contributed by atoms with Crippen LogP contribution in [0.5, 0.6) is 0 Å². The molecule has 1 heterocycles. The Labute approximate surface area is 137 Å². The zero-order valence-electron chi connectivity index (χ0n) is 14.6. The summed E-state index contributed by atoms with van der Waals surface area (Å²) in [6.45, 7) is 10.2. The minimum atomic E-state index is -0.381. The van der Waals surface area contributed by atoms with Crippen molar-refractivity contribution < 1.29 is 9.90 Å². The number of hydrogen-bond donors (Lipinski definition) is 2. The van der Waals surface area contributed by atoms with Gasteiger partial charge >= 0.3 is 0 Å². The molecule has 1 aromatic heterocycles. The van der Waals surface area contributed by atoms with Gasteiger partial charge < -0.3 is 10.4 Å². The molecule has 23 heavy (non-hydrogen) atoms. The van der Waals surface area contributed by atoms with Gasteiger partial charge in [-0.05, 0) is 50.8 Å². The fraction of sp³-hybridized carbons (Fsp3) is 0.474. The molecule has 0 aliphatic carbocycles. The Bertz CT molecular complexity index is 721. The minimum Gasteiger partial charge on any atom is -0.393 e. The average molecular weight is 314 g/mol. The molecule has 4 nitrogen and oxygen atoms in total. The number of aliphatic hydroxyl groups excluding tert-OH is 1. The van der Waals surface area contributed by atoms with E-state index in [2.05, 4.69) is 10.3 Å². The molecule has 0 bridgehead atoms. The van der Waals surface area contributed by atoms with Crippen LogP contribution in [0.4, 0.5) is 0 Å². The van der Waals surface area contributed by atoms with Gasteiger partial charge in [-0.3, -0.25) is 9.78 Å². The van der Waals surface area contributed by atoms with Gasteiger partial charge in [0, 0.05) is 11.9 Å². The first-order valence-corrected chi connectivity index (χ1v) is 8.02. The molecule has 2 aromatic rings. The van der Waals surface area contributed by atoms with E-state index in [0.717, 1.165) is 22.2 Å². The lowest BCUT2D eigenvalue weighted by Gasteiger charge is -2.26. The molecule has 0 spiro atoms. The Hall–Kier alpha value is -1.94. The number of carbonyl (C=O) groups excluding carboxylic acids is 1. The molecule has 124 valence electrons. The highest BCUT2D eigenvalue weighted by atomic mass is 16.3. The molecule has 0 saturated carbocycles. The second-order valence-corrected chi connectivity index (χ2v) is 7.22. The van der Waals surface area contributed by atoms with Crippen LogP contribution in [0.2, 0.25) is 0 Å². The Kier molecular flexibility index (Phi) is 5.05. The number of amides is 1. The summed E-state index contributed by atoms with van der Waals surface area (Å²) in [7, 11) is 0. The molecule has 1 unspecified atom stereocenters. The van der Waals surface area contributed by atoms with Crippen LogP contribution in [0.1, 0.15) is 48.8 Å². The quantitative estimate of drug-likeness (QED) is 0.889. The van der Waals surface area contributed by atoms with E-state index in [1.165, 1.54) is 0 Å². The number of aliphatic hydroxyl groups is 1. The third-order valence-electron chi connectivity index (χ3n) is 3.98. The summed E-state index contributed by atoms with van der Waals surface area (Å²) in [4.78, 5) is 17.0. The Morgan fingerprint density at radius 2 is 2.00 bits per heavy atom. The van der Waals surface area contributed by atoms with Crippen molar-refractivity contribution in [3.63, 3.8) is 0 Å². The summed E-state index contributed by atoms with van der Waals surface area (Å²) in [5, 5.41) is 13.5. The van der Waals surface area contributed by atoms with Crippen LogP contribution >= 0.6 is 0 Å². The fourth-order valence-electron chi connectivity index (χ4n) is 2.91. The molecule has 1 amide bonds. The van der Waals surface area contributed by atoms with E-state index >= 15 is 0 Å². The number of hydrogen-bond acceptors (Lipinski definition) is 3. The number of pyridine rings is 1. The predicted molar refractivity (Wildman–Crippen MR) is 93.6 cm³/mol. The number of fused-ring (bicyclic) bond motifs is 1. The van der Waals surface area contributed by atoms with Crippen LogP contribution in [0.15, 0.2) is 24.3 Å². The molecule has 0 aliphatic rings. The van der Waals surface area contributed by atoms with E-state index < -0.39 is 0 Å². The Morgan fingerprint density at radius 1 is 1.30 bits per heavy atom. The SMILES string of the molecule is Cc1ccc2nc(C)c(C(=O)NCC(C)(C)CC(C)O)cc2c1. The molecule has 0 fully saturated rings. The third kappa shape index (κ3) is 4.52. The van der Waals surface area contributed by atoms with E-state index in [1.807, 2.05) is 52.0 Å². The normalized spacial score (nSPS) is 13.1. The smallest absolute Gasteiger partial charge is 0.253 e. The monoisotopic (exact) mass is 314 g/mol. The molecule has 0 saturated heterocycles. The van der Waals surface area contributed by atoms with E-state index in [9.17, 15) is 9.90 Å². The molecule has 0 radical (unpaired) electrons. The summed E-state index contributed by atoms with van der Waals surface area (Å²) in [6.07, 6.45) is 0.260. The van der Waals surface area contributed by atoms with E-state index in [1.54, 1.807) is 6.92 Å². The number of benzene rings is 1. The second kappa shape index (κ2) is 6.67. The van der Waals surface area contributed by atoms with Crippen LogP contribution in [-0.2, 0) is 0 Å². The number of aromatic nitrogens is 1. The largest absolute Gasteiger partial charge is 0.393 e. The van der Waals surface area contributed by atoms with Crippen molar-refractivity contribution in [3.8, 4) is 0 Å². The molecule has 2 N–H and O–H groups in total. The first-order chi connectivity index (χ1) is 10.7. The van der Waals surface area contributed by atoms with E-state index in [0.29, 0.717) is 18.5 Å². The van der Waals surface area contributed by atoms with Crippen molar-refractivity contribution in [2.75, 3.05) is 6.54 Å². The van der Waals surface area contributed by atoms with Crippen molar-refractivity contribution >= 4 is 16.8 Å². The number of nitrogens with one attached hydrogen (secondary N) is 1. The van der Waals surface area contributed by atoms with Gasteiger partial charge in [-0.2, -0.15) is 0 Å².